The van der Waals surface area contributed by atoms with E-state index in [1.165, 1.54) is 0 Å². The molecule has 0 aliphatic carbocycles. The van der Waals surface area contributed by atoms with Gasteiger partial charge >= 0.3 is 0 Å². The minimum absolute atomic E-state index is 0.514. The second-order valence-electron chi connectivity index (χ2n) is 6.11. The van der Waals surface area contributed by atoms with Crippen molar-refractivity contribution < 1.29 is 14.0 Å². The molecule has 27 heavy (non-hydrogen) atoms. The fourth-order valence-corrected chi connectivity index (χ4v) is 3.06. The van der Waals surface area contributed by atoms with Crippen molar-refractivity contribution in [3.8, 4) is 22.9 Å². The number of nitrogens with zero attached hydrogens (tertiary/aromatic N) is 4. The molecule has 4 aromatic rings. The third-order valence-electron chi connectivity index (χ3n) is 4.49. The number of hydrogen-bond acceptors (Lipinski definition) is 6. The zero-order chi connectivity index (χ0) is 18.8. The van der Waals surface area contributed by atoms with Gasteiger partial charge < -0.3 is 18.6 Å². The Balaban J connectivity index is 1.58. The molecule has 4 rings (SSSR count). The van der Waals surface area contributed by atoms with Crippen LogP contribution in [0.1, 0.15) is 18.4 Å². The number of ether oxygens (including phenoxy) is 2. The van der Waals surface area contributed by atoms with Gasteiger partial charge in [0, 0.05) is 12.1 Å². The zero-order valence-electron chi connectivity index (χ0n) is 15.5. The highest BCUT2D eigenvalue weighted by Gasteiger charge is 2.13. The molecule has 0 spiro atoms. The van der Waals surface area contributed by atoms with E-state index in [1.54, 1.807) is 14.2 Å². The number of hydrogen-bond donors (Lipinski definition) is 0. The van der Waals surface area contributed by atoms with Crippen molar-refractivity contribution in [1.82, 2.24) is 19.7 Å². The van der Waals surface area contributed by atoms with Crippen LogP contribution in [0.15, 0.2) is 47.2 Å². The van der Waals surface area contributed by atoms with Crippen molar-refractivity contribution in [3.63, 3.8) is 0 Å². The van der Waals surface area contributed by atoms with Crippen molar-refractivity contribution in [1.29, 1.82) is 0 Å². The van der Waals surface area contributed by atoms with Crippen LogP contribution in [0, 0.1) is 0 Å². The van der Waals surface area contributed by atoms with Crippen molar-refractivity contribution >= 4 is 11.0 Å². The van der Waals surface area contributed by atoms with E-state index in [-0.39, 0.29) is 0 Å². The summed E-state index contributed by atoms with van der Waals surface area (Å²) in [4.78, 5) is 8.96. The quantitative estimate of drug-likeness (QED) is 0.519. The van der Waals surface area contributed by atoms with E-state index in [0.717, 1.165) is 28.7 Å². The van der Waals surface area contributed by atoms with Gasteiger partial charge in [0.1, 0.15) is 0 Å². The van der Waals surface area contributed by atoms with Crippen molar-refractivity contribution in [2.75, 3.05) is 14.2 Å². The predicted octanol–water partition coefficient (Wildman–Crippen LogP) is 3.71. The van der Waals surface area contributed by atoms with Crippen LogP contribution in [0.3, 0.4) is 0 Å². The van der Waals surface area contributed by atoms with Crippen molar-refractivity contribution in [2.45, 2.75) is 19.9 Å². The maximum atomic E-state index is 5.43. The fourth-order valence-electron chi connectivity index (χ4n) is 3.06. The van der Waals surface area contributed by atoms with E-state index < -0.39 is 0 Å². The number of benzene rings is 2. The van der Waals surface area contributed by atoms with Crippen LogP contribution >= 0.6 is 0 Å². The van der Waals surface area contributed by atoms with Gasteiger partial charge in [-0.3, -0.25) is 0 Å². The highest BCUT2D eigenvalue weighted by molar-refractivity contribution is 5.80. The lowest BCUT2D eigenvalue weighted by Crippen LogP contribution is -1.94. The molecule has 7 heteroatoms. The van der Waals surface area contributed by atoms with Gasteiger partial charge in [-0.25, -0.2) is 4.98 Å². The van der Waals surface area contributed by atoms with Gasteiger partial charge in [0.2, 0.25) is 11.7 Å². The van der Waals surface area contributed by atoms with Gasteiger partial charge in [-0.05, 0) is 42.8 Å². The van der Waals surface area contributed by atoms with Crippen molar-refractivity contribution in [2.24, 2.45) is 0 Å². The molecule has 2 aromatic heterocycles. The molecule has 2 aromatic carbocycles. The summed E-state index contributed by atoms with van der Waals surface area (Å²) >= 11 is 0. The van der Waals surface area contributed by atoms with Gasteiger partial charge in [0.15, 0.2) is 11.5 Å². The van der Waals surface area contributed by atoms with Crippen LogP contribution in [0.25, 0.3) is 22.4 Å². The van der Waals surface area contributed by atoms with Crippen LogP contribution in [0.4, 0.5) is 0 Å². The Morgan fingerprint density at radius 2 is 1.89 bits per heavy atom. The molecular formula is C20H20N4O3. The standard InChI is InChI=1S/C20H20N4O3/c1-4-24-12-21-15-11-14(6-7-16(15)24)20-22-19(27-23-20)10-13-5-8-17(25-2)18(9-13)26-3/h5-9,11-12H,4,10H2,1-3H3. The Labute approximate surface area is 156 Å². The van der Waals surface area contributed by atoms with Crippen LogP contribution in [-0.2, 0) is 13.0 Å². The molecular weight excluding hydrogens is 344 g/mol. The molecule has 0 N–H and O–H groups in total. The third kappa shape index (κ3) is 3.23. The van der Waals surface area contributed by atoms with E-state index in [4.69, 9.17) is 14.0 Å². The number of imidazole rings is 1. The van der Waals surface area contributed by atoms with Gasteiger partial charge in [0.05, 0.1) is 38.0 Å². The summed E-state index contributed by atoms with van der Waals surface area (Å²) in [5.41, 5.74) is 3.89. The average molecular weight is 364 g/mol. The molecule has 138 valence electrons. The van der Waals surface area contributed by atoms with Gasteiger partial charge in [-0.2, -0.15) is 4.98 Å². The van der Waals surface area contributed by atoms with Gasteiger partial charge in [0.25, 0.3) is 0 Å². The fraction of sp³-hybridized carbons (Fsp3) is 0.250. The topological polar surface area (TPSA) is 75.2 Å². The lowest BCUT2D eigenvalue weighted by molar-refractivity contribution is 0.354. The molecule has 0 saturated heterocycles. The number of fused-ring (bicyclic) bond motifs is 1. The van der Waals surface area contributed by atoms with E-state index in [9.17, 15) is 0 Å². The van der Waals surface area contributed by atoms with E-state index in [0.29, 0.717) is 29.6 Å². The number of methoxy groups -OCH3 is 2. The maximum Gasteiger partial charge on any atom is 0.231 e. The summed E-state index contributed by atoms with van der Waals surface area (Å²) in [7, 11) is 3.23. The molecule has 0 unspecified atom stereocenters. The molecule has 0 aliphatic heterocycles. The SMILES string of the molecule is CCn1cnc2cc(-c3noc(Cc4ccc(OC)c(OC)c4)n3)ccc21. The molecule has 0 aliphatic rings. The summed E-state index contributed by atoms with van der Waals surface area (Å²) in [6, 6.07) is 11.7. The minimum Gasteiger partial charge on any atom is -0.493 e. The zero-order valence-corrected chi connectivity index (χ0v) is 15.5. The normalized spacial score (nSPS) is 11.1. The molecule has 0 fully saturated rings. The summed E-state index contributed by atoms with van der Waals surface area (Å²) in [6.07, 6.45) is 2.35. The Morgan fingerprint density at radius 1 is 1.04 bits per heavy atom. The summed E-state index contributed by atoms with van der Waals surface area (Å²) in [5, 5.41) is 4.12. The average Bonchev–Trinajstić information content (AvgIpc) is 3.34. The first-order chi connectivity index (χ1) is 13.2. The molecule has 2 heterocycles. The highest BCUT2D eigenvalue weighted by Crippen LogP contribution is 2.29. The van der Waals surface area contributed by atoms with Crippen LogP contribution in [-0.4, -0.2) is 33.9 Å². The Bertz CT molecular complexity index is 1080. The van der Waals surface area contributed by atoms with E-state index >= 15 is 0 Å². The molecule has 0 radical (unpaired) electrons. The summed E-state index contributed by atoms with van der Waals surface area (Å²) in [6.45, 7) is 2.97. The maximum absolute atomic E-state index is 5.43. The minimum atomic E-state index is 0.514. The summed E-state index contributed by atoms with van der Waals surface area (Å²) < 4.78 is 18.1. The van der Waals surface area contributed by atoms with Crippen LogP contribution < -0.4 is 9.47 Å². The number of aromatic nitrogens is 4. The number of rotatable bonds is 6. The van der Waals surface area contributed by atoms with Gasteiger partial charge in [-0.1, -0.05) is 11.2 Å². The predicted molar refractivity (Wildman–Crippen MR) is 101 cm³/mol. The molecule has 7 nitrogen and oxygen atoms in total. The lowest BCUT2D eigenvalue weighted by Gasteiger charge is -2.08. The molecule has 0 bridgehead atoms. The molecule has 0 atom stereocenters. The first kappa shape index (κ1) is 17.1. The smallest absolute Gasteiger partial charge is 0.231 e. The monoisotopic (exact) mass is 364 g/mol. The van der Waals surface area contributed by atoms with Gasteiger partial charge in [-0.15, -0.1) is 0 Å². The number of aryl methyl sites for hydroxylation is 1. The second-order valence-corrected chi connectivity index (χ2v) is 6.11. The van der Waals surface area contributed by atoms with E-state index in [2.05, 4.69) is 26.6 Å². The summed E-state index contributed by atoms with van der Waals surface area (Å²) in [5.74, 6) is 2.45. The van der Waals surface area contributed by atoms with Crippen LogP contribution in [0.5, 0.6) is 11.5 Å². The first-order valence-electron chi connectivity index (χ1n) is 8.70. The lowest BCUT2D eigenvalue weighted by atomic mass is 10.1. The van der Waals surface area contributed by atoms with Crippen molar-refractivity contribution in [3.05, 3.63) is 54.2 Å². The molecule has 0 amide bonds. The Hall–Kier alpha value is -3.35. The highest BCUT2D eigenvalue weighted by atomic mass is 16.5. The van der Waals surface area contributed by atoms with Crippen LogP contribution in [0.2, 0.25) is 0 Å². The van der Waals surface area contributed by atoms with E-state index in [1.807, 2.05) is 42.7 Å². The third-order valence-corrected chi connectivity index (χ3v) is 4.49. The Kier molecular flexibility index (Phi) is 4.50. The Morgan fingerprint density at radius 3 is 2.67 bits per heavy atom. The second kappa shape index (κ2) is 7.11. The molecule has 0 saturated carbocycles. The largest absolute Gasteiger partial charge is 0.493 e. The first-order valence-corrected chi connectivity index (χ1v) is 8.70.